The maximum Gasteiger partial charge on any atom is 0.0260 e. The number of aliphatic imine (C=N–C) groups is 1. The van der Waals surface area contributed by atoms with Crippen molar-refractivity contribution >= 4 is 6.72 Å². The van der Waals surface area contributed by atoms with Crippen LogP contribution in [-0.2, 0) is 0 Å². The van der Waals surface area contributed by atoms with Gasteiger partial charge >= 0.3 is 0 Å². The molecule has 0 amide bonds. The van der Waals surface area contributed by atoms with Crippen LogP contribution in [0.15, 0.2) is 28.9 Å². The summed E-state index contributed by atoms with van der Waals surface area (Å²) in [5.41, 5.74) is 1.36. The summed E-state index contributed by atoms with van der Waals surface area (Å²) in [6.07, 6.45) is 6.71. The smallest absolute Gasteiger partial charge is 0.0260 e. The summed E-state index contributed by atoms with van der Waals surface area (Å²) in [4.78, 5) is 3.57. The maximum atomic E-state index is 3.57. The minimum absolute atomic E-state index is 1.10. The van der Waals surface area contributed by atoms with Crippen LogP contribution < -0.4 is 0 Å². The molecule has 0 radical (unpaired) electrons. The molecule has 50 valence electrons. The molecule has 1 heteroatoms. The van der Waals surface area contributed by atoms with E-state index in [0.29, 0.717) is 0 Å². The molecule has 0 atom stereocenters. The number of hydrogen-bond acceptors (Lipinski definition) is 1. The van der Waals surface area contributed by atoms with Gasteiger partial charge in [0.2, 0.25) is 0 Å². The van der Waals surface area contributed by atoms with Crippen LogP contribution in [0.5, 0.6) is 0 Å². The van der Waals surface area contributed by atoms with Gasteiger partial charge in [0.05, 0.1) is 0 Å². The topological polar surface area (TPSA) is 12.4 Å². The quantitative estimate of drug-likeness (QED) is 0.404. The molecule has 0 aromatic heterocycles. The lowest BCUT2D eigenvalue weighted by atomic mass is 10.2. The first-order chi connectivity index (χ1) is 4.31. The Morgan fingerprint density at radius 2 is 2.33 bits per heavy atom. The Morgan fingerprint density at radius 1 is 1.67 bits per heavy atom. The molecular formula is C8H13N. The Hall–Kier alpha value is -0.850. The summed E-state index contributed by atoms with van der Waals surface area (Å²) in [5, 5.41) is 0. The summed E-state index contributed by atoms with van der Waals surface area (Å²) in [7, 11) is 0. The van der Waals surface area contributed by atoms with E-state index in [1.165, 1.54) is 5.57 Å². The molecule has 0 bridgehead atoms. The predicted molar refractivity (Wildman–Crippen MR) is 42.7 cm³/mol. The molecule has 0 unspecified atom stereocenters. The molecular weight excluding hydrogens is 110 g/mol. The fraction of sp³-hybridized carbons (Fsp3) is 0.375. The second-order valence-electron chi connectivity index (χ2n) is 1.89. The van der Waals surface area contributed by atoms with Crippen LogP contribution in [0.4, 0.5) is 0 Å². The Morgan fingerprint density at radius 3 is 2.78 bits per heavy atom. The molecule has 0 rings (SSSR count). The number of hydrogen-bond donors (Lipinski definition) is 0. The largest absolute Gasteiger partial charge is 0.273 e. The van der Waals surface area contributed by atoms with Crippen LogP contribution in [0, 0.1) is 0 Å². The minimum Gasteiger partial charge on any atom is -0.273 e. The van der Waals surface area contributed by atoms with Gasteiger partial charge in [-0.15, -0.1) is 0 Å². The Labute approximate surface area is 56.8 Å². The third kappa shape index (κ3) is 5.01. The van der Waals surface area contributed by atoms with Crippen LogP contribution in [0.25, 0.3) is 0 Å². The van der Waals surface area contributed by atoms with Crippen LogP contribution >= 0.6 is 0 Å². The fourth-order valence-electron chi connectivity index (χ4n) is 0.386. The summed E-state index contributed by atoms with van der Waals surface area (Å²) in [5.74, 6) is 0. The molecule has 0 aromatic carbocycles. The molecule has 0 aliphatic carbocycles. The van der Waals surface area contributed by atoms with E-state index in [-0.39, 0.29) is 0 Å². The highest BCUT2D eigenvalue weighted by Crippen LogP contribution is 1.96. The van der Waals surface area contributed by atoms with E-state index < -0.39 is 0 Å². The zero-order valence-electron chi connectivity index (χ0n) is 6.09. The van der Waals surface area contributed by atoms with Crippen molar-refractivity contribution in [2.24, 2.45) is 4.99 Å². The van der Waals surface area contributed by atoms with Crippen LogP contribution in [0.3, 0.4) is 0 Å². The van der Waals surface area contributed by atoms with Crippen molar-refractivity contribution < 1.29 is 0 Å². The highest BCUT2D eigenvalue weighted by atomic mass is 14.6. The van der Waals surface area contributed by atoms with E-state index >= 15 is 0 Å². The van der Waals surface area contributed by atoms with Gasteiger partial charge in [-0.05, 0) is 26.1 Å². The van der Waals surface area contributed by atoms with E-state index in [1.54, 1.807) is 6.20 Å². The highest BCUT2D eigenvalue weighted by molar-refractivity contribution is 5.26. The van der Waals surface area contributed by atoms with E-state index in [0.717, 1.165) is 6.42 Å². The molecule has 0 heterocycles. The zero-order valence-corrected chi connectivity index (χ0v) is 6.09. The number of rotatable bonds is 3. The highest BCUT2D eigenvalue weighted by Gasteiger charge is 1.76. The molecule has 0 aliphatic rings. The van der Waals surface area contributed by atoms with Gasteiger partial charge in [-0.25, -0.2) is 0 Å². The summed E-state index contributed by atoms with van der Waals surface area (Å²) < 4.78 is 0. The molecule has 9 heavy (non-hydrogen) atoms. The van der Waals surface area contributed by atoms with Gasteiger partial charge in [-0.3, -0.25) is 4.99 Å². The first kappa shape index (κ1) is 8.15. The minimum atomic E-state index is 1.10. The van der Waals surface area contributed by atoms with Gasteiger partial charge in [0.15, 0.2) is 0 Å². The van der Waals surface area contributed by atoms with E-state index in [2.05, 4.69) is 25.6 Å². The fourth-order valence-corrected chi connectivity index (χ4v) is 0.386. The summed E-state index contributed by atoms with van der Waals surface area (Å²) >= 11 is 0. The van der Waals surface area contributed by atoms with Gasteiger partial charge in [-0.2, -0.15) is 0 Å². The van der Waals surface area contributed by atoms with Gasteiger partial charge in [-0.1, -0.05) is 18.6 Å². The monoisotopic (exact) mass is 123 g/mol. The molecule has 0 N–H and O–H groups in total. The van der Waals surface area contributed by atoms with Crippen LogP contribution in [0.2, 0.25) is 0 Å². The molecule has 0 saturated carbocycles. The third-order valence-electron chi connectivity index (χ3n) is 1.13. The van der Waals surface area contributed by atoms with Crippen molar-refractivity contribution in [2.75, 3.05) is 0 Å². The lowest BCUT2D eigenvalue weighted by Crippen LogP contribution is -1.66. The second-order valence-corrected chi connectivity index (χ2v) is 1.89. The average Bonchev–Trinajstić information content (AvgIpc) is 1.89. The second kappa shape index (κ2) is 5.29. The summed E-state index contributed by atoms with van der Waals surface area (Å²) in [6, 6.07) is 0. The average molecular weight is 123 g/mol. The van der Waals surface area contributed by atoms with Gasteiger partial charge < -0.3 is 0 Å². The molecule has 0 spiro atoms. The van der Waals surface area contributed by atoms with Crippen molar-refractivity contribution in [3.8, 4) is 0 Å². The zero-order chi connectivity index (χ0) is 7.11. The Kier molecular flexibility index (Phi) is 4.79. The SMILES string of the molecule is C=N/C=C\C=C(/C)CC. The van der Waals surface area contributed by atoms with E-state index in [9.17, 15) is 0 Å². The summed E-state index contributed by atoms with van der Waals surface area (Å²) in [6.45, 7) is 7.53. The molecule has 0 saturated heterocycles. The third-order valence-corrected chi connectivity index (χ3v) is 1.13. The van der Waals surface area contributed by atoms with Crippen molar-refractivity contribution in [1.29, 1.82) is 0 Å². The molecule has 0 fully saturated rings. The van der Waals surface area contributed by atoms with Crippen molar-refractivity contribution in [3.05, 3.63) is 23.9 Å². The van der Waals surface area contributed by atoms with E-state index in [4.69, 9.17) is 0 Å². The van der Waals surface area contributed by atoms with E-state index in [1.807, 2.05) is 12.2 Å². The number of allylic oxidation sites excluding steroid dienone is 3. The van der Waals surface area contributed by atoms with Crippen LogP contribution in [-0.4, -0.2) is 6.72 Å². The molecule has 1 nitrogen and oxygen atoms in total. The van der Waals surface area contributed by atoms with Crippen molar-refractivity contribution in [2.45, 2.75) is 20.3 Å². The Bertz CT molecular complexity index is 132. The first-order valence-electron chi connectivity index (χ1n) is 3.09. The van der Waals surface area contributed by atoms with Crippen molar-refractivity contribution in [3.63, 3.8) is 0 Å². The van der Waals surface area contributed by atoms with Crippen molar-refractivity contribution in [1.82, 2.24) is 0 Å². The maximum absolute atomic E-state index is 3.57. The predicted octanol–water partition coefficient (Wildman–Crippen LogP) is 2.56. The van der Waals surface area contributed by atoms with Gasteiger partial charge in [0, 0.05) is 6.20 Å². The lowest BCUT2D eigenvalue weighted by molar-refractivity contribution is 1.10. The molecule has 0 aromatic rings. The number of nitrogens with zero attached hydrogens (tertiary/aromatic N) is 1. The normalized spacial score (nSPS) is 12.4. The van der Waals surface area contributed by atoms with Crippen LogP contribution in [0.1, 0.15) is 20.3 Å². The van der Waals surface area contributed by atoms with Gasteiger partial charge in [0.1, 0.15) is 0 Å². The Balaban J connectivity index is 3.67. The lowest BCUT2D eigenvalue weighted by Gasteiger charge is -1.87. The first-order valence-corrected chi connectivity index (χ1v) is 3.09. The standard InChI is InChI=1S/C8H13N/c1-4-8(2)6-5-7-9-3/h5-7H,3-4H2,1-2H3/b7-5-,8-6+. The van der Waals surface area contributed by atoms with Gasteiger partial charge in [0.25, 0.3) is 0 Å². The molecule has 0 aliphatic heterocycles.